The summed E-state index contributed by atoms with van der Waals surface area (Å²) in [5, 5.41) is 0. The smallest absolute Gasteiger partial charge is 0.0569 e. The minimum atomic E-state index is -0.0893. The summed E-state index contributed by atoms with van der Waals surface area (Å²) in [6.45, 7) is 4.14. The summed E-state index contributed by atoms with van der Waals surface area (Å²) in [5.41, 5.74) is 10.9. The van der Waals surface area contributed by atoms with Crippen LogP contribution in [-0.2, 0) is 0 Å². The molecule has 2 nitrogen and oxygen atoms in total. The molecular formula is C14H16N2. The lowest BCUT2D eigenvalue weighted by Gasteiger charge is -2.14. The van der Waals surface area contributed by atoms with Crippen LogP contribution in [0.15, 0.2) is 42.7 Å². The number of hydrogen-bond donors (Lipinski definition) is 1. The highest BCUT2D eigenvalue weighted by atomic mass is 14.7. The molecule has 0 aliphatic rings. The Kier molecular flexibility index (Phi) is 3.02. The SMILES string of the molecule is Cc1cccc(C(N)c2cnccc2C)c1. The third-order valence-electron chi connectivity index (χ3n) is 2.82. The zero-order valence-electron chi connectivity index (χ0n) is 9.64. The van der Waals surface area contributed by atoms with E-state index in [9.17, 15) is 0 Å². The molecule has 0 saturated heterocycles. The van der Waals surface area contributed by atoms with Gasteiger partial charge in [0.2, 0.25) is 0 Å². The van der Waals surface area contributed by atoms with Crippen LogP contribution in [0.25, 0.3) is 0 Å². The van der Waals surface area contributed by atoms with Crippen LogP contribution in [0.1, 0.15) is 28.3 Å². The summed E-state index contributed by atoms with van der Waals surface area (Å²) >= 11 is 0. The van der Waals surface area contributed by atoms with Crippen LogP contribution >= 0.6 is 0 Å². The van der Waals surface area contributed by atoms with Gasteiger partial charge in [0.15, 0.2) is 0 Å². The van der Waals surface area contributed by atoms with E-state index < -0.39 is 0 Å². The molecule has 16 heavy (non-hydrogen) atoms. The van der Waals surface area contributed by atoms with Crippen LogP contribution in [0.4, 0.5) is 0 Å². The van der Waals surface area contributed by atoms with Crippen molar-refractivity contribution in [1.29, 1.82) is 0 Å². The zero-order chi connectivity index (χ0) is 11.5. The highest BCUT2D eigenvalue weighted by molar-refractivity contribution is 5.35. The van der Waals surface area contributed by atoms with E-state index in [-0.39, 0.29) is 6.04 Å². The van der Waals surface area contributed by atoms with Gasteiger partial charge in [-0.2, -0.15) is 0 Å². The predicted molar refractivity (Wildman–Crippen MR) is 66.2 cm³/mol. The maximum atomic E-state index is 6.25. The van der Waals surface area contributed by atoms with Crippen LogP contribution in [0.5, 0.6) is 0 Å². The number of nitrogens with zero attached hydrogens (tertiary/aromatic N) is 1. The Balaban J connectivity index is 2.39. The third-order valence-corrected chi connectivity index (χ3v) is 2.82. The molecule has 0 bridgehead atoms. The molecule has 0 saturated carbocycles. The Labute approximate surface area is 96.1 Å². The summed E-state index contributed by atoms with van der Waals surface area (Å²) in [4.78, 5) is 4.13. The lowest BCUT2D eigenvalue weighted by Crippen LogP contribution is -2.13. The molecule has 2 aromatic rings. The monoisotopic (exact) mass is 212 g/mol. The lowest BCUT2D eigenvalue weighted by atomic mass is 9.96. The minimum Gasteiger partial charge on any atom is -0.320 e. The van der Waals surface area contributed by atoms with Gasteiger partial charge in [0.1, 0.15) is 0 Å². The first-order chi connectivity index (χ1) is 7.68. The van der Waals surface area contributed by atoms with Gasteiger partial charge in [0, 0.05) is 12.4 Å². The molecule has 0 fully saturated rings. The highest BCUT2D eigenvalue weighted by Crippen LogP contribution is 2.22. The highest BCUT2D eigenvalue weighted by Gasteiger charge is 2.11. The standard InChI is InChI=1S/C14H16N2/c1-10-4-3-5-12(8-10)14(15)13-9-16-7-6-11(13)2/h3-9,14H,15H2,1-2H3. The van der Waals surface area contributed by atoms with E-state index in [1.165, 1.54) is 11.1 Å². The fourth-order valence-corrected chi connectivity index (χ4v) is 1.84. The van der Waals surface area contributed by atoms with Crippen molar-refractivity contribution in [1.82, 2.24) is 4.98 Å². The number of nitrogens with two attached hydrogens (primary N) is 1. The normalized spacial score (nSPS) is 12.4. The maximum Gasteiger partial charge on any atom is 0.0569 e. The number of rotatable bonds is 2. The quantitative estimate of drug-likeness (QED) is 0.831. The Morgan fingerprint density at radius 2 is 2.00 bits per heavy atom. The first kappa shape index (κ1) is 10.8. The topological polar surface area (TPSA) is 38.9 Å². The van der Waals surface area contributed by atoms with Gasteiger partial charge in [-0.25, -0.2) is 0 Å². The fraction of sp³-hybridized carbons (Fsp3) is 0.214. The summed E-state index contributed by atoms with van der Waals surface area (Å²) in [5.74, 6) is 0. The molecule has 2 N–H and O–H groups in total. The molecule has 1 heterocycles. The van der Waals surface area contributed by atoms with Crippen LogP contribution in [0, 0.1) is 13.8 Å². The first-order valence-corrected chi connectivity index (χ1v) is 5.41. The van der Waals surface area contributed by atoms with Crippen molar-refractivity contribution in [3.63, 3.8) is 0 Å². The van der Waals surface area contributed by atoms with Crippen molar-refractivity contribution in [3.05, 3.63) is 65.0 Å². The van der Waals surface area contributed by atoms with Crippen LogP contribution in [0.3, 0.4) is 0 Å². The van der Waals surface area contributed by atoms with E-state index in [2.05, 4.69) is 37.0 Å². The van der Waals surface area contributed by atoms with E-state index in [0.29, 0.717) is 0 Å². The molecule has 1 atom stereocenters. The second-order valence-electron chi connectivity index (χ2n) is 4.12. The predicted octanol–water partition coefficient (Wildman–Crippen LogP) is 2.75. The van der Waals surface area contributed by atoms with Gasteiger partial charge in [0.25, 0.3) is 0 Å². The van der Waals surface area contributed by atoms with Gasteiger partial charge < -0.3 is 5.73 Å². The molecule has 2 rings (SSSR count). The lowest BCUT2D eigenvalue weighted by molar-refractivity contribution is 0.851. The van der Waals surface area contributed by atoms with E-state index in [1.807, 2.05) is 18.3 Å². The molecule has 0 aliphatic carbocycles. The molecule has 0 aliphatic heterocycles. The van der Waals surface area contributed by atoms with E-state index >= 15 is 0 Å². The van der Waals surface area contributed by atoms with E-state index in [4.69, 9.17) is 5.73 Å². The Morgan fingerprint density at radius 1 is 1.19 bits per heavy atom. The van der Waals surface area contributed by atoms with Crippen LogP contribution in [-0.4, -0.2) is 4.98 Å². The van der Waals surface area contributed by atoms with Gasteiger partial charge in [-0.05, 0) is 36.6 Å². The molecule has 2 heteroatoms. The molecule has 0 radical (unpaired) electrons. The molecular weight excluding hydrogens is 196 g/mol. The number of benzene rings is 1. The molecule has 0 spiro atoms. The molecule has 0 amide bonds. The second kappa shape index (κ2) is 4.45. The van der Waals surface area contributed by atoms with Crippen LogP contribution < -0.4 is 5.73 Å². The third kappa shape index (κ3) is 2.12. The van der Waals surface area contributed by atoms with Crippen molar-refractivity contribution in [2.45, 2.75) is 19.9 Å². The summed E-state index contributed by atoms with van der Waals surface area (Å²) in [7, 11) is 0. The van der Waals surface area contributed by atoms with Crippen molar-refractivity contribution < 1.29 is 0 Å². The summed E-state index contributed by atoms with van der Waals surface area (Å²) in [6.07, 6.45) is 3.64. The Hall–Kier alpha value is -1.67. The number of hydrogen-bond acceptors (Lipinski definition) is 2. The van der Waals surface area contributed by atoms with Crippen molar-refractivity contribution in [2.75, 3.05) is 0 Å². The average molecular weight is 212 g/mol. The number of pyridine rings is 1. The maximum absolute atomic E-state index is 6.25. The Bertz CT molecular complexity index is 492. The minimum absolute atomic E-state index is 0.0893. The summed E-state index contributed by atoms with van der Waals surface area (Å²) in [6, 6.07) is 10.2. The zero-order valence-corrected chi connectivity index (χ0v) is 9.64. The molecule has 1 aromatic heterocycles. The van der Waals surface area contributed by atoms with Gasteiger partial charge in [-0.1, -0.05) is 29.8 Å². The van der Waals surface area contributed by atoms with Gasteiger partial charge in [0.05, 0.1) is 6.04 Å². The fourth-order valence-electron chi connectivity index (χ4n) is 1.84. The molecule has 82 valence electrons. The van der Waals surface area contributed by atoms with Gasteiger partial charge >= 0.3 is 0 Å². The second-order valence-corrected chi connectivity index (χ2v) is 4.12. The van der Waals surface area contributed by atoms with Crippen molar-refractivity contribution in [2.24, 2.45) is 5.73 Å². The van der Waals surface area contributed by atoms with E-state index in [0.717, 1.165) is 11.1 Å². The summed E-state index contributed by atoms with van der Waals surface area (Å²) < 4.78 is 0. The van der Waals surface area contributed by atoms with Crippen LogP contribution in [0.2, 0.25) is 0 Å². The van der Waals surface area contributed by atoms with Gasteiger partial charge in [-0.3, -0.25) is 4.98 Å². The number of aryl methyl sites for hydroxylation is 2. The van der Waals surface area contributed by atoms with Crippen molar-refractivity contribution in [3.8, 4) is 0 Å². The van der Waals surface area contributed by atoms with Gasteiger partial charge in [-0.15, -0.1) is 0 Å². The number of aromatic nitrogens is 1. The first-order valence-electron chi connectivity index (χ1n) is 5.41. The molecule has 1 unspecified atom stereocenters. The Morgan fingerprint density at radius 3 is 2.69 bits per heavy atom. The average Bonchev–Trinajstić information content (AvgIpc) is 2.29. The van der Waals surface area contributed by atoms with Crippen molar-refractivity contribution >= 4 is 0 Å². The molecule has 1 aromatic carbocycles. The van der Waals surface area contributed by atoms with E-state index in [1.54, 1.807) is 6.20 Å². The largest absolute Gasteiger partial charge is 0.320 e.